The summed E-state index contributed by atoms with van der Waals surface area (Å²) in [7, 11) is -3.63. The number of fused-ring (bicyclic) bond motifs is 1. The molecule has 0 aliphatic rings. The van der Waals surface area contributed by atoms with Gasteiger partial charge in [-0.05, 0) is 29.6 Å². The van der Waals surface area contributed by atoms with E-state index < -0.39 is 10.0 Å². The zero-order valence-electron chi connectivity index (χ0n) is 10.1. The number of pyridine rings is 1. The van der Waals surface area contributed by atoms with Crippen molar-refractivity contribution in [2.24, 2.45) is 0 Å². The number of nitrogens with zero attached hydrogens (tertiary/aromatic N) is 1. The Balaban J connectivity index is 2.02. The second kappa shape index (κ2) is 4.77. The Morgan fingerprint density at radius 1 is 1.10 bits per heavy atom. The van der Waals surface area contributed by atoms with Crippen LogP contribution in [0.15, 0.2) is 52.1 Å². The van der Waals surface area contributed by atoms with E-state index in [2.05, 4.69) is 9.71 Å². The van der Waals surface area contributed by atoms with E-state index in [0.29, 0.717) is 5.52 Å². The molecule has 20 heavy (non-hydrogen) atoms. The van der Waals surface area contributed by atoms with E-state index in [0.717, 1.165) is 16.7 Å². The molecule has 3 aromatic rings. The van der Waals surface area contributed by atoms with Crippen LogP contribution < -0.4 is 4.72 Å². The third-order valence-corrected chi connectivity index (χ3v) is 5.45. The van der Waals surface area contributed by atoms with E-state index in [1.165, 1.54) is 12.1 Å². The Morgan fingerprint density at radius 3 is 2.70 bits per heavy atom. The van der Waals surface area contributed by atoms with Gasteiger partial charge in [0.2, 0.25) is 0 Å². The fourth-order valence-corrected chi connectivity index (χ4v) is 3.79. The minimum absolute atomic E-state index is 0.0136. The van der Waals surface area contributed by atoms with Crippen LogP contribution >= 0.6 is 11.3 Å². The third kappa shape index (κ3) is 2.33. The highest BCUT2D eigenvalue weighted by Crippen LogP contribution is 2.25. The number of nitrogens with one attached hydrogen (secondary N) is 1. The molecule has 0 spiro atoms. The zero-order valence-corrected chi connectivity index (χ0v) is 11.8. The minimum Gasteiger partial charge on any atom is -0.506 e. The molecular weight excluding hydrogens is 296 g/mol. The van der Waals surface area contributed by atoms with E-state index in [1.807, 2.05) is 0 Å². The van der Waals surface area contributed by atoms with Gasteiger partial charge in [-0.2, -0.15) is 0 Å². The molecule has 2 aromatic heterocycles. The lowest BCUT2D eigenvalue weighted by atomic mass is 10.2. The van der Waals surface area contributed by atoms with Crippen LogP contribution in [0, 0.1) is 0 Å². The number of phenolic OH excluding ortho intramolecular Hbond substituents is 1. The first kappa shape index (κ1) is 12.9. The lowest BCUT2D eigenvalue weighted by Gasteiger charge is -2.07. The number of hydrogen-bond acceptors (Lipinski definition) is 5. The number of anilines is 1. The summed E-state index contributed by atoms with van der Waals surface area (Å²) in [6, 6.07) is 11.5. The number of rotatable bonds is 3. The Hall–Kier alpha value is -2.12. The summed E-state index contributed by atoms with van der Waals surface area (Å²) in [5.41, 5.74) is 0.360. The lowest BCUT2D eigenvalue weighted by molar-refractivity contribution is 0.480. The Kier molecular flexibility index (Phi) is 3.07. The van der Waals surface area contributed by atoms with Gasteiger partial charge in [0.05, 0.1) is 0 Å². The third-order valence-electron chi connectivity index (χ3n) is 2.70. The average molecular weight is 306 g/mol. The molecule has 7 heteroatoms. The molecule has 2 heterocycles. The van der Waals surface area contributed by atoms with Crippen LogP contribution in [-0.4, -0.2) is 18.5 Å². The van der Waals surface area contributed by atoms with Gasteiger partial charge in [-0.1, -0.05) is 18.2 Å². The summed E-state index contributed by atoms with van der Waals surface area (Å²) in [4.78, 5) is 4.13. The maximum Gasteiger partial charge on any atom is 0.272 e. The van der Waals surface area contributed by atoms with Crippen LogP contribution in [0.25, 0.3) is 10.9 Å². The van der Waals surface area contributed by atoms with Crippen molar-refractivity contribution in [3.05, 3.63) is 47.8 Å². The highest BCUT2D eigenvalue weighted by Gasteiger charge is 2.16. The van der Waals surface area contributed by atoms with E-state index in [-0.39, 0.29) is 15.8 Å². The number of para-hydroxylation sites is 1. The summed E-state index contributed by atoms with van der Waals surface area (Å²) >= 11 is 1.13. The molecule has 0 bridgehead atoms. The first-order chi connectivity index (χ1) is 9.56. The molecule has 0 saturated carbocycles. The molecule has 102 valence electrons. The van der Waals surface area contributed by atoms with Gasteiger partial charge in [0, 0.05) is 5.39 Å². The van der Waals surface area contributed by atoms with E-state index in [9.17, 15) is 13.5 Å². The van der Waals surface area contributed by atoms with E-state index >= 15 is 0 Å². The van der Waals surface area contributed by atoms with Crippen LogP contribution in [0.2, 0.25) is 0 Å². The lowest BCUT2D eigenvalue weighted by Crippen LogP contribution is -2.12. The highest BCUT2D eigenvalue weighted by molar-refractivity contribution is 7.94. The molecule has 0 saturated heterocycles. The summed E-state index contributed by atoms with van der Waals surface area (Å²) in [6.45, 7) is 0. The van der Waals surface area contributed by atoms with Crippen LogP contribution in [0.3, 0.4) is 0 Å². The Morgan fingerprint density at radius 2 is 1.95 bits per heavy atom. The molecule has 0 fully saturated rings. The summed E-state index contributed by atoms with van der Waals surface area (Å²) in [5.74, 6) is 0.187. The van der Waals surface area contributed by atoms with Gasteiger partial charge in [0.15, 0.2) is 0 Å². The molecule has 0 atom stereocenters. The van der Waals surface area contributed by atoms with Crippen molar-refractivity contribution in [1.82, 2.24) is 4.98 Å². The molecule has 0 unspecified atom stereocenters. The maximum absolute atomic E-state index is 12.1. The number of aromatic nitrogens is 1. The summed E-state index contributed by atoms with van der Waals surface area (Å²) in [5, 5.41) is 12.2. The van der Waals surface area contributed by atoms with Crippen LogP contribution in [-0.2, 0) is 10.0 Å². The monoisotopic (exact) mass is 306 g/mol. The molecule has 0 aliphatic carbocycles. The van der Waals surface area contributed by atoms with Crippen molar-refractivity contribution >= 4 is 38.1 Å². The fourth-order valence-electron chi connectivity index (χ4n) is 1.79. The molecule has 2 N–H and O–H groups in total. The number of sulfonamides is 1. The molecule has 0 amide bonds. The normalized spacial score (nSPS) is 11.6. The molecule has 3 rings (SSSR count). The van der Waals surface area contributed by atoms with Crippen molar-refractivity contribution in [3.8, 4) is 5.75 Å². The van der Waals surface area contributed by atoms with Gasteiger partial charge < -0.3 is 5.11 Å². The zero-order chi connectivity index (χ0) is 14.2. The van der Waals surface area contributed by atoms with Crippen LogP contribution in [0.4, 0.5) is 5.82 Å². The largest absolute Gasteiger partial charge is 0.506 e. The molecule has 1 aromatic carbocycles. The highest BCUT2D eigenvalue weighted by atomic mass is 32.2. The second-order valence-electron chi connectivity index (χ2n) is 4.08. The smallest absolute Gasteiger partial charge is 0.272 e. The standard InChI is InChI=1S/C13H10N2O3S2/c16-10-4-1-3-9-6-7-11(14-13(9)10)15-20(17,18)12-5-2-8-19-12/h1-8,16H,(H,14,15). The first-order valence-corrected chi connectivity index (χ1v) is 8.08. The molecule has 5 nitrogen and oxygen atoms in total. The molecular formula is C13H10N2O3S2. The van der Waals surface area contributed by atoms with Crippen molar-refractivity contribution in [2.75, 3.05) is 4.72 Å². The number of phenols is 1. The summed E-state index contributed by atoms with van der Waals surface area (Å²) in [6.07, 6.45) is 0. The van der Waals surface area contributed by atoms with Gasteiger partial charge >= 0.3 is 0 Å². The minimum atomic E-state index is -3.63. The van der Waals surface area contributed by atoms with Gasteiger partial charge in [-0.15, -0.1) is 11.3 Å². The quantitative estimate of drug-likeness (QED) is 0.780. The van der Waals surface area contributed by atoms with Gasteiger partial charge in [0.1, 0.15) is 21.3 Å². The van der Waals surface area contributed by atoms with Crippen molar-refractivity contribution in [2.45, 2.75) is 4.21 Å². The fraction of sp³-hybridized carbons (Fsp3) is 0. The van der Waals surface area contributed by atoms with Gasteiger partial charge in [-0.25, -0.2) is 13.4 Å². The van der Waals surface area contributed by atoms with Crippen LogP contribution in [0.1, 0.15) is 0 Å². The first-order valence-electron chi connectivity index (χ1n) is 5.71. The van der Waals surface area contributed by atoms with Crippen molar-refractivity contribution < 1.29 is 13.5 Å². The van der Waals surface area contributed by atoms with Gasteiger partial charge in [0.25, 0.3) is 10.0 Å². The average Bonchev–Trinajstić information content (AvgIpc) is 2.94. The SMILES string of the molecule is O=S(=O)(Nc1ccc2cccc(O)c2n1)c1cccs1. The summed E-state index contributed by atoms with van der Waals surface area (Å²) < 4.78 is 26.8. The maximum atomic E-state index is 12.1. The van der Waals surface area contributed by atoms with Gasteiger partial charge in [-0.3, -0.25) is 4.72 Å². The predicted molar refractivity (Wildman–Crippen MR) is 78.5 cm³/mol. The van der Waals surface area contributed by atoms with Crippen LogP contribution in [0.5, 0.6) is 5.75 Å². The molecule has 0 aliphatic heterocycles. The van der Waals surface area contributed by atoms with Crippen molar-refractivity contribution in [3.63, 3.8) is 0 Å². The predicted octanol–water partition coefficient (Wildman–Crippen LogP) is 2.80. The molecule has 0 radical (unpaired) electrons. The van der Waals surface area contributed by atoms with E-state index in [1.54, 1.807) is 35.7 Å². The Labute approximate surface area is 119 Å². The second-order valence-corrected chi connectivity index (χ2v) is 6.94. The number of benzene rings is 1. The number of aromatic hydroxyl groups is 1. The number of thiophene rings is 1. The van der Waals surface area contributed by atoms with E-state index in [4.69, 9.17) is 0 Å². The van der Waals surface area contributed by atoms with Crippen molar-refractivity contribution in [1.29, 1.82) is 0 Å². The number of hydrogen-bond donors (Lipinski definition) is 2. The topological polar surface area (TPSA) is 79.3 Å². The Bertz CT molecular complexity index is 858.